The van der Waals surface area contributed by atoms with Gasteiger partial charge in [0.2, 0.25) is 0 Å². The Hall–Kier alpha value is -3.05. The van der Waals surface area contributed by atoms with Gasteiger partial charge in [-0.1, -0.05) is 48.2 Å². The number of ether oxygens (including phenoxy) is 1. The molecule has 4 rings (SSSR count). The standard InChI is InChI=1S/C24H22N2O2S/c1-3-28-20-14-12-19(13-15-20)26-23(27)21-10-6-7-11-22(21)25-24(26)29-16-18-9-5-4-8-17(18)2/h4-15H,3,16H2,1-2H3. The highest BCUT2D eigenvalue weighted by molar-refractivity contribution is 7.98. The van der Waals surface area contributed by atoms with Gasteiger partial charge < -0.3 is 4.74 Å². The largest absolute Gasteiger partial charge is 0.494 e. The predicted octanol–water partition coefficient (Wildman–Crippen LogP) is 5.39. The molecule has 0 radical (unpaired) electrons. The van der Waals surface area contributed by atoms with Gasteiger partial charge in [-0.25, -0.2) is 4.98 Å². The van der Waals surface area contributed by atoms with E-state index in [-0.39, 0.29) is 5.56 Å². The molecule has 4 aromatic rings. The minimum atomic E-state index is -0.0629. The Balaban J connectivity index is 1.80. The summed E-state index contributed by atoms with van der Waals surface area (Å²) in [7, 11) is 0. The molecular weight excluding hydrogens is 380 g/mol. The lowest BCUT2D eigenvalue weighted by molar-refractivity contribution is 0.340. The molecule has 0 aliphatic carbocycles. The molecule has 0 atom stereocenters. The van der Waals surface area contributed by atoms with Gasteiger partial charge in [0.1, 0.15) is 5.75 Å². The second-order valence-electron chi connectivity index (χ2n) is 6.69. The van der Waals surface area contributed by atoms with E-state index in [0.717, 1.165) is 17.2 Å². The number of para-hydroxylation sites is 1. The number of hydrogen-bond acceptors (Lipinski definition) is 4. The van der Waals surface area contributed by atoms with E-state index >= 15 is 0 Å². The fourth-order valence-corrected chi connectivity index (χ4v) is 4.30. The highest BCUT2D eigenvalue weighted by Gasteiger charge is 2.14. The van der Waals surface area contributed by atoms with Crippen LogP contribution in [0.15, 0.2) is 82.7 Å². The van der Waals surface area contributed by atoms with Gasteiger partial charge in [0.25, 0.3) is 5.56 Å². The third-order valence-electron chi connectivity index (χ3n) is 4.77. The number of aryl methyl sites for hydroxylation is 1. The second-order valence-corrected chi connectivity index (χ2v) is 7.64. The summed E-state index contributed by atoms with van der Waals surface area (Å²) in [5.74, 6) is 1.53. The Morgan fingerprint density at radius 3 is 2.45 bits per heavy atom. The summed E-state index contributed by atoms with van der Waals surface area (Å²) in [4.78, 5) is 18.1. The van der Waals surface area contributed by atoms with E-state index in [4.69, 9.17) is 9.72 Å². The van der Waals surface area contributed by atoms with Crippen molar-refractivity contribution in [2.75, 3.05) is 6.61 Å². The van der Waals surface area contributed by atoms with Crippen LogP contribution in [0.1, 0.15) is 18.1 Å². The van der Waals surface area contributed by atoms with Crippen molar-refractivity contribution in [1.29, 1.82) is 0 Å². The summed E-state index contributed by atoms with van der Waals surface area (Å²) in [6, 6.07) is 23.4. The van der Waals surface area contributed by atoms with Crippen LogP contribution in [-0.2, 0) is 5.75 Å². The van der Waals surface area contributed by atoms with Gasteiger partial charge in [-0.15, -0.1) is 0 Å². The zero-order valence-electron chi connectivity index (χ0n) is 16.5. The Bertz CT molecular complexity index is 1200. The number of aromatic nitrogens is 2. The number of benzene rings is 3. The smallest absolute Gasteiger partial charge is 0.266 e. The van der Waals surface area contributed by atoms with Gasteiger partial charge in [0.05, 0.1) is 23.2 Å². The molecule has 0 spiro atoms. The molecule has 146 valence electrons. The third kappa shape index (κ3) is 4.05. The van der Waals surface area contributed by atoms with Crippen molar-refractivity contribution >= 4 is 22.7 Å². The molecule has 0 unspecified atom stereocenters. The first-order valence-electron chi connectivity index (χ1n) is 9.59. The van der Waals surface area contributed by atoms with E-state index < -0.39 is 0 Å². The van der Waals surface area contributed by atoms with E-state index in [0.29, 0.717) is 22.7 Å². The summed E-state index contributed by atoms with van der Waals surface area (Å²) in [6.07, 6.45) is 0. The predicted molar refractivity (Wildman–Crippen MR) is 119 cm³/mol. The average Bonchev–Trinajstić information content (AvgIpc) is 2.74. The molecule has 0 saturated heterocycles. The van der Waals surface area contributed by atoms with E-state index in [1.54, 1.807) is 16.3 Å². The fourth-order valence-electron chi connectivity index (χ4n) is 3.21. The molecule has 5 heteroatoms. The molecule has 3 aromatic carbocycles. The Morgan fingerprint density at radius 2 is 1.69 bits per heavy atom. The Morgan fingerprint density at radius 1 is 0.966 bits per heavy atom. The van der Waals surface area contributed by atoms with Gasteiger partial charge in [0.15, 0.2) is 5.16 Å². The first kappa shape index (κ1) is 19.3. The number of rotatable bonds is 6. The molecule has 0 bridgehead atoms. The van der Waals surface area contributed by atoms with Crippen LogP contribution in [0.3, 0.4) is 0 Å². The van der Waals surface area contributed by atoms with Crippen LogP contribution < -0.4 is 10.3 Å². The van der Waals surface area contributed by atoms with E-state index in [1.165, 1.54) is 11.1 Å². The molecule has 4 nitrogen and oxygen atoms in total. The minimum absolute atomic E-state index is 0.0629. The molecule has 0 saturated carbocycles. The summed E-state index contributed by atoms with van der Waals surface area (Å²) < 4.78 is 7.23. The number of hydrogen-bond donors (Lipinski definition) is 0. The lowest BCUT2D eigenvalue weighted by Crippen LogP contribution is -2.21. The van der Waals surface area contributed by atoms with Crippen molar-refractivity contribution in [3.63, 3.8) is 0 Å². The quantitative estimate of drug-likeness (QED) is 0.321. The van der Waals surface area contributed by atoms with Gasteiger partial charge in [-0.05, 0) is 61.4 Å². The zero-order chi connectivity index (χ0) is 20.2. The normalized spacial score (nSPS) is 11.0. The van der Waals surface area contributed by atoms with Crippen LogP contribution in [0.5, 0.6) is 5.75 Å². The minimum Gasteiger partial charge on any atom is -0.494 e. The molecule has 0 N–H and O–H groups in total. The van der Waals surface area contributed by atoms with Crippen molar-refractivity contribution in [2.24, 2.45) is 0 Å². The van der Waals surface area contributed by atoms with Gasteiger partial charge in [-0.3, -0.25) is 9.36 Å². The van der Waals surface area contributed by atoms with Gasteiger partial charge in [0, 0.05) is 5.75 Å². The Kier molecular flexibility index (Phi) is 5.67. The molecule has 0 aliphatic heterocycles. The molecular formula is C24H22N2O2S. The highest BCUT2D eigenvalue weighted by Crippen LogP contribution is 2.26. The lowest BCUT2D eigenvalue weighted by Gasteiger charge is -2.14. The van der Waals surface area contributed by atoms with Crippen molar-refractivity contribution in [3.05, 3.63) is 94.3 Å². The van der Waals surface area contributed by atoms with Crippen molar-refractivity contribution in [1.82, 2.24) is 9.55 Å². The van der Waals surface area contributed by atoms with E-state index in [2.05, 4.69) is 19.1 Å². The molecule has 1 aromatic heterocycles. The van der Waals surface area contributed by atoms with E-state index in [1.807, 2.05) is 67.6 Å². The molecule has 1 heterocycles. The Labute approximate surface area is 174 Å². The van der Waals surface area contributed by atoms with Crippen LogP contribution in [0.25, 0.3) is 16.6 Å². The molecule has 29 heavy (non-hydrogen) atoms. The summed E-state index contributed by atoms with van der Waals surface area (Å²) >= 11 is 1.57. The van der Waals surface area contributed by atoms with Crippen LogP contribution in [0.4, 0.5) is 0 Å². The average molecular weight is 403 g/mol. The molecule has 0 amide bonds. The maximum absolute atomic E-state index is 13.3. The SMILES string of the molecule is CCOc1ccc(-n2c(SCc3ccccc3C)nc3ccccc3c2=O)cc1. The first-order valence-corrected chi connectivity index (χ1v) is 10.6. The monoisotopic (exact) mass is 402 g/mol. The zero-order valence-corrected chi connectivity index (χ0v) is 17.3. The first-order chi connectivity index (χ1) is 14.2. The number of nitrogens with zero attached hydrogens (tertiary/aromatic N) is 2. The number of fused-ring (bicyclic) bond motifs is 1. The summed E-state index contributed by atoms with van der Waals surface area (Å²) in [5.41, 5.74) is 3.90. The van der Waals surface area contributed by atoms with Crippen molar-refractivity contribution < 1.29 is 4.74 Å². The fraction of sp³-hybridized carbons (Fsp3) is 0.167. The maximum Gasteiger partial charge on any atom is 0.266 e. The lowest BCUT2D eigenvalue weighted by atomic mass is 10.1. The third-order valence-corrected chi connectivity index (χ3v) is 5.76. The van der Waals surface area contributed by atoms with Gasteiger partial charge in [-0.2, -0.15) is 0 Å². The summed E-state index contributed by atoms with van der Waals surface area (Å²) in [5, 5.41) is 1.29. The molecule has 0 fully saturated rings. The summed E-state index contributed by atoms with van der Waals surface area (Å²) in [6.45, 7) is 4.66. The molecule has 0 aliphatic rings. The van der Waals surface area contributed by atoms with Crippen molar-refractivity contribution in [2.45, 2.75) is 24.8 Å². The van der Waals surface area contributed by atoms with Crippen LogP contribution in [0, 0.1) is 6.92 Å². The van der Waals surface area contributed by atoms with E-state index in [9.17, 15) is 4.79 Å². The van der Waals surface area contributed by atoms with Crippen LogP contribution in [-0.4, -0.2) is 16.2 Å². The van der Waals surface area contributed by atoms with Gasteiger partial charge >= 0.3 is 0 Å². The maximum atomic E-state index is 13.3. The van der Waals surface area contributed by atoms with Crippen LogP contribution >= 0.6 is 11.8 Å². The van der Waals surface area contributed by atoms with Crippen molar-refractivity contribution in [3.8, 4) is 11.4 Å². The number of thioether (sulfide) groups is 1. The van der Waals surface area contributed by atoms with Crippen LogP contribution in [0.2, 0.25) is 0 Å². The topological polar surface area (TPSA) is 44.1 Å². The second kappa shape index (κ2) is 8.53. The highest BCUT2D eigenvalue weighted by atomic mass is 32.2.